The van der Waals surface area contributed by atoms with Crippen molar-refractivity contribution >= 4 is 69.7 Å². The lowest BCUT2D eigenvalue weighted by Crippen LogP contribution is -2.50. The number of halogens is 8. The molecule has 318 valence electrons. The second-order valence-corrected chi connectivity index (χ2v) is 15.5. The number of hydrogen-bond donors (Lipinski definition) is 2. The number of alkyl halides is 4. The predicted octanol–water partition coefficient (Wildman–Crippen LogP) is 9.83. The van der Waals surface area contributed by atoms with Gasteiger partial charge in [-0.1, -0.05) is 54.7 Å². The molecule has 0 radical (unpaired) electrons. The van der Waals surface area contributed by atoms with Crippen molar-refractivity contribution in [3.8, 4) is 11.1 Å². The summed E-state index contributed by atoms with van der Waals surface area (Å²) in [5.41, 5.74) is -0.642. The minimum absolute atomic E-state index is 0.0117. The number of nitrogens with one attached hydrogen (secondary N) is 2. The average Bonchev–Trinajstić information content (AvgIpc) is 3.81. The van der Waals surface area contributed by atoms with Gasteiger partial charge in [-0.2, -0.15) is 19.0 Å². The number of anilines is 2. The van der Waals surface area contributed by atoms with E-state index in [9.17, 15) is 27.2 Å². The number of rotatable bonds is 13. The van der Waals surface area contributed by atoms with Gasteiger partial charge >= 0.3 is 0 Å². The molecule has 7 rings (SSSR count). The number of aryl methyl sites for hydroxylation is 1. The SMILES string of the molecule is CSNc1nn(C)c2c(N(C)/C(=N\c3cc(-c4ccccc4F)ccc3C=O)C(Cc3cc(F)cc(F)c3)NC(=O)Cn3nc(C(F)F)c4c3C(F)(F)C(C)C4)ccc(Cl)c12. The molecule has 2 N–H and O–H groups in total. The van der Waals surface area contributed by atoms with Crippen molar-refractivity contribution < 1.29 is 40.3 Å². The Balaban J connectivity index is 1.43. The van der Waals surface area contributed by atoms with Gasteiger partial charge in [0.25, 0.3) is 12.3 Å². The Morgan fingerprint density at radius 2 is 1.79 bits per heavy atom. The van der Waals surface area contributed by atoms with E-state index in [4.69, 9.17) is 16.6 Å². The molecule has 0 spiro atoms. The Kier molecular flexibility index (Phi) is 12.2. The minimum Gasteiger partial charge on any atom is -0.344 e. The molecule has 2 unspecified atom stereocenters. The molecule has 2 heterocycles. The zero-order chi connectivity index (χ0) is 43.9. The van der Waals surface area contributed by atoms with Gasteiger partial charge in [0.15, 0.2) is 12.1 Å². The number of likely N-dealkylation sites (N-methyl/N-ethyl adjacent to an activating group) is 1. The van der Waals surface area contributed by atoms with Gasteiger partial charge in [-0.05, 0) is 60.0 Å². The molecule has 0 saturated heterocycles. The van der Waals surface area contributed by atoms with Crippen molar-refractivity contribution in [2.24, 2.45) is 18.0 Å². The first kappa shape index (κ1) is 43.2. The number of carbonyl (C=O) groups is 2. The standard InChI is InChI=1S/C42H36ClF7N8O2S/c1-21-13-28-36(39(47)48)53-58(38(28)42(21,49)50)19-34(60)51-32(16-22-14-25(44)18-26(45)15-22)41(52-31-17-23(9-10-24(31)20-59)27-7-5-6-8-30(27)46)56(2)33-12-11-29(43)35-37(33)57(3)54-40(35)55-61-4/h5-12,14-15,17-18,20-21,32,39H,13,16,19H2,1-4H3,(H,51,60)(H,54,55)/b52-41-. The van der Waals surface area contributed by atoms with Crippen LogP contribution in [-0.2, 0) is 37.2 Å². The second-order valence-electron chi connectivity index (χ2n) is 14.5. The molecule has 6 aromatic rings. The molecule has 4 aromatic carbocycles. The van der Waals surface area contributed by atoms with Gasteiger partial charge in [-0.25, -0.2) is 26.9 Å². The first-order chi connectivity index (χ1) is 29.0. The molecule has 19 heteroatoms. The molecular formula is C42H36ClF7N8O2S. The molecular weight excluding hydrogens is 849 g/mol. The van der Waals surface area contributed by atoms with E-state index < -0.39 is 65.6 Å². The van der Waals surface area contributed by atoms with Gasteiger partial charge in [0, 0.05) is 55.4 Å². The fourth-order valence-corrected chi connectivity index (χ4v) is 8.21. The van der Waals surface area contributed by atoms with E-state index in [-0.39, 0.29) is 46.6 Å². The summed E-state index contributed by atoms with van der Waals surface area (Å²) in [5, 5.41) is 11.8. The molecule has 61 heavy (non-hydrogen) atoms. The van der Waals surface area contributed by atoms with Crippen LogP contribution in [0.5, 0.6) is 0 Å². The molecule has 1 aliphatic rings. The number of hydrogen-bond acceptors (Lipinski definition) is 7. The van der Waals surface area contributed by atoms with Crippen molar-refractivity contribution in [2.45, 2.75) is 44.7 Å². The summed E-state index contributed by atoms with van der Waals surface area (Å²) >= 11 is 7.96. The van der Waals surface area contributed by atoms with Gasteiger partial charge in [-0.15, -0.1) is 0 Å². The van der Waals surface area contributed by atoms with Crippen LogP contribution in [0.2, 0.25) is 5.02 Å². The maximum atomic E-state index is 15.5. The van der Waals surface area contributed by atoms with Gasteiger partial charge in [0.1, 0.15) is 41.2 Å². The smallest absolute Gasteiger partial charge is 0.292 e. The number of nitrogens with zero attached hydrogens (tertiary/aromatic N) is 6. The van der Waals surface area contributed by atoms with Gasteiger partial charge in [-0.3, -0.25) is 19.0 Å². The number of benzene rings is 4. The molecule has 1 aliphatic carbocycles. The van der Waals surface area contributed by atoms with Crippen molar-refractivity contribution in [2.75, 3.05) is 22.9 Å². The third-order valence-electron chi connectivity index (χ3n) is 10.4. The summed E-state index contributed by atoms with van der Waals surface area (Å²) in [7, 11) is 3.21. The second kappa shape index (κ2) is 17.2. The van der Waals surface area contributed by atoms with E-state index in [2.05, 4.69) is 20.2 Å². The number of amidine groups is 1. The monoisotopic (exact) mass is 884 g/mol. The summed E-state index contributed by atoms with van der Waals surface area (Å²) in [6.07, 6.45) is -1.68. The fourth-order valence-electron chi connectivity index (χ4n) is 7.63. The third-order valence-corrected chi connectivity index (χ3v) is 11.1. The van der Waals surface area contributed by atoms with Crippen LogP contribution in [0.15, 0.2) is 77.8 Å². The van der Waals surface area contributed by atoms with Gasteiger partial charge in [0.05, 0.1) is 33.3 Å². The van der Waals surface area contributed by atoms with Crippen molar-refractivity contribution in [3.05, 3.63) is 123 Å². The average molecular weight is 885 g/mol. The lowest BCUT2D eigenvalue weighted by molar-refractivity contribution is -0.122. The van der Waals surface area contributed by atoms with E-state index in [0.717, 1.165) is 12.1 Å². The number of carbonyl (C=O) groups excluding carboxylic acids is 2. The lowest BCUT2D eigenvalue weighted by atomic mass is 10.0. The van der Waals surface area contributed by atoms with E-state index in [1.165, 1.54) is 64.9 Å². The number of aldehydes is 1. The summed E-state index contributed by atoms with van der Waals surface area (Å²) in [5.74, 6) is -8.08. The van der Waals surface area contributed by atoms with E-state index in [0.29, 0.717) is 50.0 Å². The lowest BCUT2D eigenvalue weighted by Gasteiger charge is -2.30. The highest BCUT2D eigenvalue weighted by atomic mass is 35.5. The quantitative estimate of drug-likeness (QED) is 0.0391. The zero-order valence-electron chi connectivity index (χ0n) is 32.8. The third kappa shape index (κ3) is 8.42. The largest absolute Gasteiger partial charge is 0.344 e. The molecule has 10 nitrogen and oxygen atoms in total. The number of amides is 1. The zero-order valence-corrected chi connectivity index (χ0v) is 34.4. The summed E-state index contributed by atoms with van der Waals surface area (Å²) in [6, 6.07) is 14.8. The minimum atomic E-state index is -3.59. The fraction of sp³-hybridized carbons (Fsp3) is 0.262. The molecule has 0 aliphatic heterocycles. The van der Waals surface area contributed by atoms with Crippen LogP contribution in [0.4, 0.5) is 47.9 Å². The van der Waals surface area contributed by atoms with Crippen LogP contribution in [-0.4, -0.2) is 56.9 Å². The maximum absolute atomic E-state index is 15.5. The van der Waals surface area contributed by atoms with Gasteiger partial charge < -0.3 is 14.9 Å². The Labute approximate surface area is 353 Å². The Bertz CT molecular complexity index is 2690. The summed E-state index contributed by atoms with van der Waals surface area (Å²) < 4.78 is 109. The normalized spacial score (nSPS) is 15.3. The van der Waals surface area contributed by atoms with Crippen molar-refractivity contribution in [1.29, 1.82) is 0 Å². The van der Waals surface area contributed by atoms with E-state index in [1.807, 2.05) is 0 Å². The molecule has 0 bridgehead atoms. The van der Waals surface area contributed by atoms with Crippen molar-refractivity contribution in [3.63, 3.8) is 0 Å². The topological polar surface area (TPSA) is 109 Å². The van der Waals surface area contributed by atoms with Crippen LogP contribution < -0.4 is 14.9 Å². The first-order valence-electron chi connectivity index (χ1n) is 18.6. The number of aliphatic imine (C=N–C) groups is 1. The van der Waals surface area contributed by atoms with Gasteiger partial charge in [0.2, 0.25) is 5.91 Å². The molecule has 1 amide bonds. The van der Waals surface area contributed by atoms with Crippen LogP contribution in [0.25, 0.3) is 22.0 Å². The van der Waals surface area contributed by atoms with E-state index in [1.54, 1.807) is 38.6 Å². The van der Waals surface area contributed by atoms with Crippen molar-refractivity contribution in [1.82, 2.24) is 24.9 Å². The highest BCUT2D eigenvalue weighted by molar-refractivity contribution is 7.99. The Morgan fingerprint density at radius 3 is 2.46 bits per heavy atom. The summed E-state index contributed by atoms with van der Waals surface area (Å²) in [6.45, 7) is 0.249. The predicted molar refractivity (Wildman–Crippen MR) is 222 cm³/mol. The molecule has 2 atom stereocenters. The Hall–Kier alpha value is -5.88. The van der Waals surface area contributed by atoms with Crippen LogP contribution in [0, 0.1) is 23.4 Å². The van der Waals surface area contributed by atoms with Crippen LogP contribution in [0.3, 0.4) is 0 Å². The Morgan fingerprint density at radius 1 is 1.07 bits per heavy atom. The number of aromatic nitrogens is 4. The van der Waals surface area contributed by atoms with Crippen LogP contribution >= 0.6 is 23.5 Å². The molecule has 0 fully saturated rings. The highest BCUT2D eigenvalue weighted by Crippen LogP contribution is 2.48. The number of fused-ring (bicyclic) bond motifs is 2. The summed E-state index contributed by atoms with van der Waals surface area (Å²) in [4.78, 5) is 33.1. The van der Waals surface area contributed by atoms with E-state index >= 15 is 13.2 Å². The highest BCUT2D eigenvalue weighted by Gasteiger charge is 2.51. The van der Waals surface area contributed by atoms with Crippen LogP contribution in [0.1, 0.15) is 46.2 Å². The maximum Gasteiger partial charge on any atom is 0.292 e. The first-order valence-corrected chi connectivity index (χ1v) is 20.2. The molecule has 0 saturated carbocycles. The molecule has 2 aromatic heterocycles.